The maximum atomic E-state index is 12.0. The first-order valence-electron chi connectivity index (χ1n) is 8.29. The lowest BCUT2D eigenvalue weighted by atomic mass is 10.2. The molecular formula is C18H22ClN5O. The Hall–Kier alpha value is -2.31. The molecule has 6 nitrogen and oxygen atoms in total. The normalized spacial score (nSPS) is 15.0. The molecule has 0 aliphatic carbocycles. The Morgan fingerprint density at radius 3 is 2.76 bits per heavy atom. The number of urea groups is 1. The quantitative estimate of drug-likeness (QED) is 0.881. The summed E-state index contributed by atoms with van der Waals surface area (Å²) in [6.45, 7) is 4.44. The summed E-state index contributed by atoms with van der Waals surface area (Å²) in [5.41, 5.74) is 1.68. The van der Waals surface area contributed by atoms with Crippen LogP contribution in [-0.4, -0.2) is 49.1 Å². The third-order valence-electron chi connectivity index (χ3n) is 4.17. The number of hydrogen-bond acceptors (Lipinski definition) is 4. The second-order valence-electron chi connectivity index (χ2n) is 6.13. The highest BCUT2D eigenvalue weighted by molar-refractivity contribution is 6.30. The minimum atomic E-state index is -0.264. The number of nitrogens with zero attached hydrogens (tertiary/aromatic N) is 3. The van der Waals surface area contributed by atoms with Crippen molar-refractivity contribution in [3.8, 4) is 0 Å². The predicted octanol–water partition coefficient (Wildman–Crippen LogP) is 2.81. The number of likely N-dealkylation sites (N-methyl/N-ethyl adjacent to an activating group) is 1. The molecule has 25 heavy (non-hydrogen) atoms. The summed E-state index contributed by atoms with van der Waals surface area (Å²) >= 11 is 5.92. The molecule has 2 heterocycles. The van der Waals surface area contributed by atoms with Crippen molar-refractivity contribution in [2.75, 3.05) is 43.4 Å². The van der Waals surface area contributed by atoms with Gasteiger partial charge in [-0.3, -0.25) is 0 Å². The van der Waals surface area contributed by atoms with Gasteiger partial charge in [0, 0.05) is 49.6 Å². The van der Waals surface area contributed by atoms with Crippen LogP contribution in [0, 0.1) is 0 Å². The monoisotopic (exact) mass is 359 g/mol. The van der Waals surface area contributed by atoms with Gasteiger partial charge in [-0.2, -0.15) is 0 Å². The number of nitrogens with one attached hydrogen (secondary N) is 2. The SMILES string of the molecule is CN1CCN(c2cc(CNC(=O)Nc3cccc(Cl)c3)ccn2)CC1. The molecule has 1 aliphatic rings. The smallest absolute Gasteiger partial charge is 0.319 e. The van der Waals surface area contributed by atoms with Gasteiger partial charge in [-0.25, -0.2) is 9.78 Å². The van der Waals surface area contributed by atoms with E-state index in [9.17, 15) is 4.79 Å². The van der Waals surface area contributed by atoms with Crippen LogP contribution < -0.4 is 15.5 Å². The van der Waals surface area contributed by atoms with Gasteiger partial charge in [0.15, 0.2) is 0 Å². The molecule has 7 heteroatoms. The Morgan fingerprint density at radius 1 is 1.20 bits per heavy atom. The average Bonchev–Trinajstić information content (AvgIpc) is 2.61. The van der Waals surface area contributed by atoms with Crippen LogP contribution in [0.15, 0.2) is 42.6 Å². The first-order valence-corrected chi connectivity index (χ1v) is 8.67. The van der Waals surface area contributed by atoms with Crippen molar-refractivity contribution in [2.24, 2.45) is 0 Å². The third-order valence-corrected chi connectivity index (χ3v) is 4.41. The Morgan fingerprint density at radius 2 is 2.00 bits per heavy atom. The average molecular weight is 360 g/mol. The van der Waals surface area contributed by atoms with E-state index in [2.05, 4.69) is 32.5 Å². The molecule has 0 atom stereocenters. The van der Waals surface area contributed by atoms with E-state index in [1.54, 1.807) is 30.5 Å². The van der Waals surface area contributed by atoms with E-state index >= 15 is 0 Å². The largest absolute Gasteiger partial charge is 0.354 e. The molecule has 1 saturated heterocycles. The molecule has 2 amide bonds. The van der Waals surface area contributed by atoms with Crippen LogP contribution in [0.5, 0.6) is 0 Å². The highest BCUT2D eigenvalue weighted by Gasteiger charge is 2.15. The van der Waals surface area contributed by atoms with Gasteiger partial charge in [-0.15, -0.1) is 0 Å². The number of rotatable bonds is 4. The zero-order valence-corrected chi connectivity index (χ0v) is 15.0. The molecule has 132 valence electrons. The summed E-state index contributed by atoms with van der Waals surface area (Å²) < 4.78 is 0. The molecular weight excluding hydrogens is 338 g/mol. The van der Waals surface area contributed by atoms with E-state index in [1.165, 1.54) is 0 Å². The van der Waals surface area contributed by atoms with Crippen molar-refractivity contribution in [3.63, 3.8) is 0 Å². The number of carbonyl (C=O) groups excluding carboxylic acids is 1. The lowest BCUT2D eigenvalue weighted by molar-refractivity contribution is 0.251. The Kier molecular flexibility index (Phi) is 5.73. The van der Waals surface area contributed by atoms with Crippen LogP contribution in [0.2, 0.25) is 5.02 Å². The number of piperazine rings is 1. The van der Waals surface area contributed by atoms with Crippen LogP contribution in [0.3, 0.4) is 0 Å². The Balaban J connectivity index is 1.54. The number of hydrogen-bond donors (Lipinski definition) is 2. The van der Waals surface area contributed by atoms with Gasteiger partial charge in [-0.05, 0) is 42.9 Å². The molecule has 1 aromatic heterocycles. The van der Waals surface area contributed by atoms with E-state index in [-0.39, 0.29) is 6.03 Å². The fraction of sp³-hybridized carbons (Fsp3) is 0.333. The number of aromatic nitrogens is 1. The molecule has 0 spiro atoms. The van der Waals surface area contributed by atoms with Gasteiger partial charge in [-0.1, -0.05) is 17.7 Å². The highest BCUT2D eigenvalue weighted by Crippen LogP contribution is 2.16. The minimum absolute atomic E-state index is 0.264. The summed E-state index contributed by atoms with van der Waals surface area (Å²) in [5, 5.41) is 6.21. The second kappa shape index (κ2) is 8.18. The molecule has 0 unspecified atom stereocenters. The maximum absolute atomic E-state index is 12.0. The van der Waals surface area contributed by atoms with Crippen LogP contribution in [-0.2, 0) is 6.54 Å². The Labute approximate surface area is 152 Å². The van der Waals surface area contributed by atoms with E-state index in [0.29, 0.717) is 17.3 Å². The molecule has 2 N–H and O–H groups in total. The van der Waals surface area contributed by atoms with Gasteiger partial charge in [0.05, 0.1) is 0 Å². The molecule has 2 aromatic rings. The Bertz CT molecular complexity index is 731. The fourth-order valence-electron chi connectivity index (χ4n) is 2.70. The van der Waals surface area contributed by atoms with Gasteiger partial charge < -0.3 is 20.4 Å². The zero-order valence-electron chi connectivity index (χ0n) is 14.2. The van der Waals surface area contributed by atoms with Crippen molar-refractivity contribution in [1.82, 2.24) is 15.2 Å². The van der Waals surface area contributed by atoms with E-state index in [0.717, 1.165) is 37.6 Å². The van der Waals surface area contributed by atoms with Crippen molar-refractivity contribution in [1.29, 1.82) is 0 Å². The van der Waals surface area contributed by atoms with Crippen molar-refractivity contribution in [3.05, 3.63) is 53.2 Å². The number of benzene rings is 1. The van der Waals surface area contributed by atoms with Crippen molar-refractivity contribution in [2.45, 2.75) is 6.54 Å². The first kappa shape index (κ1) is 17.5. The van der Waals surface area contributed by atoms with Crippen molar-refractivity contribution < 1.29 is 4.79 Å². The number of amides is 2. The summed E-state index contributed by atoms with van der Waals surface area (Å²) in [7, 11) is 2.13. The molecule has 1 aromatic carbocycles. The number of carbonyl (C=O) groups is 1. The molecule has 3 rings (SSSR count). The molecule has 1 aliphatic heterocycles. The molecule has 0 saturated carbocycles. The summed E-state index contributed by atoms with van der Waals surface area (Å²) in [5.74, 6) is 0.961. The highest BCUT2D eigenvalue weighted by atomic mass is 35.5. The zero-order chi connectivity index (χ0) is 17.6. The van der Waals surface area contributed by atoms with Crippen LogP contribution in [0.4, 0.5) is 16.3 Å². The van der Waals surface area contributed by atoms with Gasteiger partial charge in [0.25, 0.3) is 0 Å². The minimum Gasteiger partial charge on any atom is -0.354 e. The number of pyridine rings is 1. The first-order chi connectivity index (χ1) is 12.1. The molecule has 0 bridgehead atoms. The van der Waals surface area contributed by atoms with Crippen LogP contribution in [0.25, 0.3) is 0 Å². The lowest BCUT2D eigenvalue weighted by Gasteiger charge is -2.33. The van der Waals surface area contributed by atoms with Gasteiger partial charge in [0.2, 0.25) is 0 Å². The second-order valence-corrected chi connectivity index (χ2v) is 6.57. The molecule has 1 fully saturated rings. The summed E-state index contributed by atoms with van der Waals surface area (Å²) in [4.78, 5) is 21.1. The standard InChI is InChI=1S/C18H22ClN5O/c1-23-7-9-24(10-8-23)17-11-14(5-6-20-17)13-21-18(25)22-16-4-2-3-15(19)12-16/h2-6,11-12H,7-10,13H2,1H3,(H2,21,22,25). The fourth-order valence-corrected chi connectivity index (χ4v) is 2.89. The van der Waals surface area contributed by atoms with Gasteiger partial charge in [0.1, 0.15) is 5.82 Å². The summed E-state index contributed by atoms with van der Waals surface area (Å²) in [6.07, 6.45) is 1.79. The lowest BCUT2D eigenvalue weighted by Crippen LogP contribution is -2.44. The maximum Gasteiger partial charge on any atom is 0.319 e. The molecule has 0 radical (unpaired) electrons. The van der Waals surface area contributed by atoms with E-state index in [4.69, 9.17) is 11.6 Å². The topological polar surface area (TPSA) is 60.5 Å². The van der Waals surface area contributed by atoms with Crippen LogP contribution >= 0.6 is 11.6 Å². The third kappa shape index (κ3) is 5.08. The van der Waals surface area contributed by atoms with E-state index in [1.807, 2.05) is 12.1 Å². The predicted molar refractivity (Wildman–Crippen MR) is 101 cm³/mol. The van der Waals surface area contributed by atoms with E-state index < -0.39 is 0 Å². The van der Waals surface area contributed by atoms with Gasteiger partial charge >= 0.3 is 6.03 Å². The number of halogens is 1. The van der Waals surface area contributed by atoms with Crippen molar-refractivity contribution >= 4 is 29.1 Å². The summed E-state index contributed by atoms with van der Waals surface area (Å²) in [6, 6.07) is 10.7. The number of anilines is 2. The van der Waals surface area contributed by atoms with Crippen LogP contribution in [0.1, 0.15) is 5.56 Å².